The molecule has 4 rings (SSSR count). The van der Waals surface area contributed by atoms with Crippen LogP contribution in [-0.4, -0.2) is 23.9 Å². The second kappa shape index (κ2) is 7.92. The normalized spacial score (nSPS) is 17.9. The first-order chi connectivity index (χ1) is 14.8. The van der Waals surface area contributed by atoms with Crippen LogP contribution in [0.2, 0.25) is 5.02 Å². The van der Waals surface area contributed by atoms with Crippen molar-refractivity contribution in [3.05, 3.63) is 88.1 Å². The Morgan fingerprint density at radius 3 is 2.58 bits per heavy atom. The molecule has 158 valence electrons. The largest absolute Gasteiger partial charge is 0.507 e. The number of carbonyl (C=O) groups is 2. The number of nitrogens with zero attached hydrogens (tertiary/aromatic N) is 1. The van der Waals surface area contributed by atoms with E-state index in [1.807, 2.05) is 0 Å². The molecule has 0 aliphatic carbocycles. The second-order valence-corrected chi connectivity index (χ2v) is 7.35. The van der Waals surface area contributed by atoms with E-state index in [0.29, 0.717) is 10.8 Å². The van der Waals surface area contributed by atoms with Crippen LogP contribution in [0, 0.1) is 12.7 Å². The number of aliphatic hydroxyl groups is 1. The van der Waals surface area contributed by atoms with Gasteiger partial charge in [-0.1, -0.05) is 17.7 Å². The number of ether oxygens (including phenoxy) is 1. The quantitative estimate of drug-likeness (QED) is 0.349. The summed E-state index contributed by atoms with van der Waals surface area (Å²) < 4.78 is 24.8. The lowest BCUT2D eigenvalue weighted by atomic mass is 9.99. The summed E-state index contributed by atoms with van der Waals surface area (Å²) in [6, 6.07) is 12.0. The SMILES string of the molecule is COc1cc(/C(O)=C2/C(=O)C(=O)N(c3cccc(F)c3)C2c2ccc(C)o2)ccc1Cl. The van der Waals surface area contributed by atoms with Gasteiger partial charge in [0.05, 0.1) is 17.7 Å². The van der Waals surface area contributed by atoms with Crippen LogP contribution in [0.15, 0.2) is 64.6 Å². The van der Waals surface area contributed by atoms with Crippen molar-refractivity contribution in [1.29, 1.82) is 0 Å². The Bertz CT molecular complexity index is 1230. The van der Waals surface area contributed by atoms with Crippen LogP contribution >= 0.6 is 11.6 Å². The molecule has 0 radical (unpaired) electrons. The number of amides is 1. The molecule has 0 saturated carbocycles. The number of rotatable bonds is 4. The first-order valence-electron chi connectivity index (χ1n) is 9.28. The van der Waals surface area contributed by atoms with E-state index in [1.54, 1.807) is 19.1 Å². The molecule has 8 heteroatoms. The van der Waals surface area contributed by atoms with E-state index in [-0.39, 0.29) is 28.3 Å². The van der Waals surface area contributed by atoms with Crippen molar-refractivity contribution in [2.24, 2.45) is 0 Å². The second-order valence-electron chi connectivity index (χ2n) is 6.95. The lowest BCUT2D eigenvalue weighted by molar-refractivity contribution is -0.132. The Balaban J connectivity index is 1.94. The number of aliphatic hydroxyl groups excluding tert-OH is 1. The van der Waals surface area contributed by atoms with E-state index >= 15 is 0 Å². The first-order valence-corrected chi connectivity index (χ1v) is 9.66. The van der Waals surface area contributed by atoms with Gasteiger partial charge in [-0.15, -0.1) is 0 Å². The summed E-state index contributed by atoms with van der Waals surface area (Å²) in [6.45, 7) is 1.71. The Hall–Kier alpha value is -3.58. The molecule has 2 heterocycles. The van der Waals surface area contributed by atoms with Gasteiger partial charge in [0.2, 0.25) is 0 Å². The number of hydrogen-bond acceptors (Lipinski definition) is 5. The minimum Gasteiger partial charge on any atom is -0.507 e. The van der Waals surface area contributed by atoms with Gasteiger partial charge in [-0.2, -0.15) is 0 Å². The number of methoxy groups -OCH3 is 1. The minimum atomic E-state index is -1.09. The fraction of sp³-hybridized carbons (Fsp3) is 0.130. The number of hydrogen-bond donors (Lipinski definition) is 1. The number of benzene rings is 2. The molecule has 1 aromatic heterocycles. The molecule has 1 fully saturated rings. The number of carbonyl (C=O) groups excluding carboxylic acids is 2. The summed E-state index contributed by atoms with van der Waals surface area (Å²) in [5.41, 5.74) is 0.202. The summed E-state index contributed by atoms with van der Waals surface area (Å²) >= 11 is 6.06. The maximum Gasteiger partial charge on any atom is 0.300 e. The van der Waals surface area contributed by atoms with Crippen LogP contribution in [0.5, 0.6) is 5.75 Å². The van der Waals surface area contributed by atoms with Gasteiger partial charge in [0.1, 0.15) is 34.9 Å². The highest BCUT2D eigenvalue weighted by molar-refractivity contribution is 6.51. The topological polar surface area (TPSA) is 80.0 Å². The maximum atomic E-state index is 13.9. The van der Waals surface area contributed by atoms with Gasteiger partial charge in [-0.25, -0.2) is 4.39 Å². The summed E-state index contributed by atoms with van der Waals surface area (Å²) in [7, 11) is 1.42. The Morgan fingerprint density at radius 1 is 1.16 bits per heavy atom. The smallest absolute Gasteiger partial charge is 0.300 e. The average molecular weight is 442 g/mol. The van der Waals surface area contributed by atoms with Gasteiger partial charge >= 0.3 is 0 Å². The molecule has 2 aromatic carbocycles. The van der Waals surface area contributed by atoms with Crippen LogP contribution in [0.4, 0.5) is 10.1 Å². The summed E-state index contributed by atoms with van der Waals surface area (Å²) in [5.74, 6) is -1.74. The number of Topliss-reactive ketones (excluding diaryl/α,β-unsaturated/α-hetero) is 1. The highest BCUT2D eigenvalue weighted by atomic mass is 35.5. The van der Waals surface area contributed by atoms with Gasteiger partial charge < -0.3 is 14.3 Å². The van der Waals surface area contributed by atoms with E-state index in [1.165, 1.54) is 43.5 Å². The molecule has 1 atom stereocenters. The number of anilines is 1. The summed E-state index contributed by atoms with van der Waals surface area (Å²) in [6.07, 6.45) is 0. The fourth-order valence-corrected chi connectivity index (χ4v) is 3.75. The molecule has 0 spiro atoms. The molecule has 1 aliphatic heterocycles. The van der Waals surface area contributed by atoms with Crippen molar-refractivity contribution >= 4 is 34.7 Å². The van der Waals surface area contributed by atoms with Crippen LogP contribution in [-0.2, 0) is 9.59 Å². The van der Waals surface area contributed by atoms with Crippen molar-refractivity contribution in [1.82, 2.24) is 0 Å². The van der Waals surface area contributed by atoms with E-state index in [9.17, 15) is 19.1 Å². The van der Waals surface area contributed by atoms with Crippen molar-refractivity contribution in [2.45, 2.75) is 13.0 Å². The average Bonchev–Trinajstić information content (AvgIpc) is 3.29. The number of aryl methyl sites for hydroxylation is 1. The standard InChI is InChI=1S/C23H17ClFNO5/c1-12-6-9-17(31-12)20-19(21(27)13-7-8-16(24)18(10-13)30-2)22(28)23(29)26(20)15-5-3-4-14(25)11-15/h3-11,20,27H,1-2H3/b21-19-. The molecule has 1 unspecified atom stereocenters. The highest BCUT2D eigenvalue weighted by Crippen LogP contribution is 2.43. The van der Waals surface area contributed by atoms with Gasteiger partial charge in [0.25, 0.3) is 11.7 Å². The van der Waals surface area contributed by atoms with Crippen molar-refractivity contribution in [3.8, 4) is 5.75 Å². The molecule has 1 N–H and O–H groups in total. The lowest BCUT2D eigenvalue weighted by Crippen LogP contribution is -2.29. The Morgan fingerprint density at radius 2 is 1.94 bits per heavy atom. The number of ketones is 1. The molecule has 1 aliphatic rings. The Kier molecular flexibility index (Phi) is 5.29. The predicted octanol–water partition coefficient (Wildman–Crippen LogP) is 5.02. The zero-order valence-corrected chi connectivity index (χ0v) is 17.3. The molecule has 3 aromatic rings. The van der Waals surface area contributed by atoms with Crippen LogP contribution in [0.3, 0.4) is 0 Å². The zero-order chi connectivity index (χ0) is 22.3. The minimum absolute atomic E-state index is 0.161. The Labute approximate surface area is 182 Å². The molecular formula is C23H17ClFNO5. The van der Waals surface area contributed by atoms with Crippen LogP contribution in [0.1, 0.15) is 23.1 Å². The van der Waals surface area contributed by atoms with Gasteiger partial charge in [0.15, 0.2) is 0 Å². The van der Waals surface area contributed by atoms with E-state index in [0.717, 1.165) is 11.0 Å². The third-order valence-electron chi connectivity index (χ3n) is 4.99. The van der Waals surface area contributed by atoms with Crippen molar-refractivity contribution in [3.63, 3.8) is 0 Å². The van der Waals surface area contributed by atoms with Gasteiger partial charge in [0, 0.05) is 11.3 Å². The molecule has 0 bridgehead atoms. The molecule has 1 amide bonds. The lowest BCUT2D eigenvalue weighted by Gasteiger charge is -2.23. The van der Waals surface area contributed by atoms with E-state index in [2.05, 4.69) is 0 Å². The molecule has 1 saturated heterocycles. The van der Waals surface area contributed by atoms with Crippen LogP contribution < -0.4 is 9.64 Å². The predicted molar refractivity (Wildman–Crippen MR) is 113 cm³/mol. The van der Waals surface area contributed by atoms with E-state index in [4.69, 9.17) is 20.8 Å². The van der Waals surface area contributed by atoms with Crippen molar-refractivity contribution < 1.29 is 28.2 Å². The first kappa shape index (κ1) is 20.7. The highest BCUT2D eigenvalue weighted by Gasteiger charge is 2.48. The van der Waals surface area contributed by atoms with Crippen molar-refractivity contribution in [2.75, 3.05) is 12.0 Å². The zero-order valence-electron chi connectivity index (χ0n) is 16.6. The molecular weight excluding hydrogens is 425 g/mol. The van der Waals surface area contributed by atoms with Gasteiger partial charge in [-0.3, -0.25) is 14.5 Å². The summed E-state index contributed by atoms with van der Waals surface area (Å²) in [5, 5.41) is 11.4. The van der Waals surface area contributed by atoms with Crippen LogP contribution in [0.25, 0.3) is 5.76 Å². The molecule has 31 heavy (non-hydrogen) atoms. The fourth-order valence-electron chi connectivity index (χ4n) is 3.56. The number of furan rings is 1. The number of halogens is 2. The van der Waals surface area contributed by atoms with E-state index < -0.39 is 29.3 Å². The van der Waals surface area contributed by atoms with Gasteiger partial charge in [-0.05, 0) is 55.5 Å². The monoisotopic (exact) mass is 441 g/mol. The maximum absolute atomic E-state index is 13.9. The molecule has 6 nitrogen and oxygen atoms in total. The third kappa shape index (κ3) is 3.57. The summed E-state index contributed by atoms with van der Waals surface area (Å²) in [4.78, 5) is 27.1. The third-order valence-corrected chi connectivity index (χ3v) is 5.30.